The van der Waals surface area contributed by atoms with E-state index in [9.17, 15) is 0 Å². The Morgan fingerprint density at radius 2 is 1.67 bits per heavy atom. The van der Waals surface area contributed by atoms with E-state index in [2.05, 4.69) is 43.4 Å². The van der Waals surface area contributed by atoms with Crippen LogP contribution in [0.1, 0.15) is 68.9 Å². The van der Waals surface area contributed by atoms with Gasteiger partial charge in [-0.15, -0.1) is 0 Å². The molecule has 0 heterocycles. The van der Waals surface area contributed by atoms with Gasteiger partial charge in [0, 0.05) is 6.04 Å². The van der Waals surface area contributed by atoms with E-state index in [4.69, 9.17) is 0 Å². The van der Waals surface area contributed by atoms with Gasteiger partial charge in [0.05, 0.1) is 0 Å². The Hall–Kier alpha value is -0.820. The third kappa shape index (κ3) is 3.69. The van der Waals surface area contributed by atoms with Gasteiger partial charge in [0.25, 0.3) is 0 Å². The molecule has 0 spiro atoms. The number of aryl methyl sites for hydroxylation is 1. The molecule has 1 aromatic rings. The maximum atomic E-state index is 3.84. The van der Waals surface area contributed by atoms with Crippen LogP contribution in [0.4, 0.5) is 0 Å². The van der Waals surface area contributed by atoms with Gasteiger partial charge in [0.1, 0.15) is 0 Å². The quantitative estimate of drug-likeness (QED) is 0.798. The average Bonchev–Trinajstić information content (AvgIpc) is 2.48. The first kappa shape index (κ1) is 15.1. The van der Waals surface area contributed by atoms with Crippen molar-refractivity contribution < 1.29 is 0 Å². The van der Waals surface area contributed by atoms with Crippen molar-refractivity contribution >= 4 is 0 Å². The molecular formula is C20H31N. The third-order valence-corrected chi connectivity index (χ3v) is 6.01. The first-order chi connectivity index (χ1) is 10.3. The average molecular weight is 285 g/mol. The van der Waals surface area contributed by atoms with Gasteiger partial charge in [0.2, 0.25) is 0 Å². The Bertz CT molecular complexity index is 439. The molecule has 1 heteroatoms. The molecule has 0 atom stereocenters. The van der Waals surface area contributed by atoms with E-state index in [1.54, 1.807) is 5.56 Å². The molecule has 0 saturated heterocycles. The summed E-state index contributed by atoms with van der Waals surface area (Å²) in [5, 5.41) is 3.84. The summed E-state index contributed by atoms with van der Waals surface area (Å²) in [6.45, 7) is 5.87. The van der Waals surface area contributed by atoms with Crippen LogP contribution < -0.4 is 5.32 Å². The summed E-state index contributed by atoms with van der Waals surface area (Å²) in [6.07, 6.45) is 9.93. The summed E-state index contributed by atoms with van der Waals surface area (Å²) in [5.74, 6) is 2.78. The van der Waals surface area contributed by atoms with Crippen LogP contribution in [0.3, 0.4) is 0 Å². The van der Waals surface area contributed by atoms with Gasteiger partial charge in [-0.3, -0.25) is 0 Å². The second-order valence-corrected chi connectivity index (χ2v) is 7.43. The van der Waals surface area contributed by atoms with Gasteiger partial charge in [-0.05, 0) is 68.0 Å². The predicted octanol–water partition coefficient (Wildman–Crippen LogP) is 5.05. The topological polar surface area (TPSA) is 12.0 Å². The van der Waals surface area contributed by atoms with E-state index in [0.29, 0.717) is 0 Å². The highest BCUT2D eigenvalue weighted by molar-refractivity contribution is 5.31. The number of hydrogen-bond acceptors (Lipinski definition) is 1. The first-order valence-electron chi connectivity index (χ1n) is 9.05. The number of benzene rings is 1. The zero-order chi connectivity index (χ0) is 14.7. The van der Waals surface area contributed by atoms with E-state index in [-0.39, 0.29) is 0 Å². The minimum atomic E-state index is 0.776. The highest BCUT2D eigenvalue weighted by atomic mass is 14.9. The maximum Gasteiger partial charge on any atom is 0.00788 e. The molecule has 2 saturated carbocycles. The lowest BCUT2D eigenvalue weighted by atomic mass is 9.74. The van der Waals surface area contributed by atoms with Crippen molar-refractivity contribution in [3.05, 3.63) is 35.4 Å². The summed E-state index contributed by atoms with van der Waals surface area (Å²) < 4.78 is 0. The lowest BCUT2D eigenvalue weighted by Crippen LogP contribution is -2.42. The minimum absolute atomic E-state index is 0.776. The Kier molecular flexibility index (Phi) is 5.00. The first-order valence-corrected chi connectivity index (χ1v) is 9.05. The van der Waals surface area contributed by atoms with Crippen LogP contribution >= 0.6 is 0 Å². The molecule has 21 heavy (non-hydrogen) atoms. The van der Waals surface area contributed by atoms with Gasteiger partial charge in [-0.25, -0.2) is 0 Å². The van der Waals surface area contributed by atoms with Crippen LogP contribution in [0.25, 0.3) is 0 Å². The highest BCUT2D eigenvalue weighted by Gasteiger charge is 2.31. The lowest BCUT2D eigenvalue weighted by molar-refractivity contribution is 0.228. The van der Waals surface area contributed by atoms with Crippen LogP contribution in [0.15, 0.2) is 24.3 Å². The third-order valence-electron chi connectivity index (χ3n) is 6.01. The molecule has 116 valence electrons. The van der Waals surface area contributed by atoms with Gasteiger partial charge < -0.3 is 5.32 Å². The maximum absolute atomic E-state index is 3.84. The Morgan fingerprint density at radius 3 is 2.33 bits per heavy atom. The van der Waals surface area contributed by atoms with Crippen molar-refractivity contribution in [2.75, 3.05) is 6.54 Å². The molecule has 1 N–H and O–H groups in total. The number of rotatable bonds is 5. The lowest BCUT2D eigenvalue weighted by Gasteiger charge is -2.38. The molecule has 0 aliphatic heterocycles. The fourth-order valence-electron chi connectivity index (χ4n) is 4.26. The van der Waals surface area contributed by atoms with Gasteiger partial charge in [-0.2, -0.15) is 0 Å². The molecule has 1 aromatic carbocycles. The summed E-state index contributed by atoms with van der Waals surface area (Å²) in [7, 11) is 0. The standard InChI is InChI=1S/C20H31N/c1-3-16-8-10-17(11-9-16)14-21-19-12-18(13-19)20-7-5-4-6-15(20)2/h4-7,16-19,21H,3,8-14H2,1-2H3. The largest absolute Gasteiger partial charge is 0.314 e. The van der Waals surface area contributed by atoms with E-state index in [1.807, 2.05) is 0 Å². The molecule has 2 aliphatic carbocycles. The van der Waals surface area contributed by atoms with Crippen molar-refractivity contribution in [1.82, 2.24) is 5.32 Å². The molecule has 2 aliphatic rings. The Labute approximate surface area is 130 Å². The van der Waals surface area contributed by atoms with Crippen LogP contribution in [-0.4, -0.2) is 12.6 Å². The zero-order valence-electron chi connectivity index (χ0n) is 13.8. The van der Waals surface area contributed by atoms with Gasteiger partial charge in [0.15, 0.2) is 0 Å². The zero-order valence-corrected chi connectivity index (χ0v) is 13.8. The van der Waals surface area contributed by atoms with Crippen molar-refractivity contribution in [2.45, 2.75) is 70.8 Å². The van der Waals surface area contributed by atoms with Gasteiger partial charge in [-0.1, -0.05) is 50.5 Å². The van der Waals surface area contributed by atoms with Gasteiger partial charge >= 0.3 is 0 Å². The SMILES string of the molecule is CCC1CCC(CNC2CC(c3ccccc3C)C2)CC1. The summed E-state index contributed by atoms with van der Waals surface area (Å²) in [6, 6.07) is 9.69. The van der Waals surface area contributed by atoms with E-state index < -0.39 is 0 Å². The van der Waals surface area contributed by atoms with Crippen LogP contribution in [-0.2, 0) is 0 Å². The normalized spacial score (nSPS) is 32.7. The minimum Gasteiger partial charge on any atom is -0.314 e. The monoisotopic (exact) mass is 285 g/mol. The van der Waals surface area contributed by atoms with E-state index in [1.165, 1.54) is 57.1 Å². The molecule has 0 unspecified atom stereocenters. The van der Waals surface area contributed by atoms with Crippen molar-refractivity contribution in [2.24, 2.45) is 11.8 Å². The molecule has 3 rings (SSSR count). The molecule has 0 aromatic heterocycles. The molecular weight excluding hydrogens is 254 g/mol. The molecule has 2 fully saturated rings. The number of hydrogen-bond donors (Lipinski definition) is 1. The molecule has 0 bridgehead atoms. The fraction of sp³-hybridized carbons (Fsp3) is 0.700. The fourth-order valence-corrected chi connectivity index (χ4v) is 4.26. The van der Waals surface area contributed by atoms with Crippen LogP contribution in [0.5, 0.6) is 0 Å². The molecule has 1 nitrogen and oxygen atoms in total. The van der Waals surface area contributed by atoms with Crippen LogP contribution in [0, 0.1) is 18.8 Å². The van der Waals surface area contributed by atoms with E-state index in [0.717, 1.165) is 23.8 Å². The molecule has 0 amide bonds. The van der Waals surface area contributed by atoms with Crippen molar-refractivity contribution in [3.8, 4) is 0 Å². The Morgan fingerprint density at radius 1 is 1.00 bits per heavy atom. The number of nitrogens with one attached hydrogen (secondary N) is 1. The van der Waals surface area contributed by atoms with Crippen LogP contribution in [0.2, 0.25) is 0 Å². The van der Waals surface area contributed by atoms with E-state index >= 15 is 0 Å². The smallest absolute Gasteiger partial charge is 0.00788 e. The predicted molar refractivity (Wildman–Crippen MR) is 90.7 cm³/mol. The van der Waals surface area contributed by atoms with Crippen molar-refractivity contribution in [1.29, 1.82) is 0 Å². The highest BCUT2D eigenvalue weighted by Crippen LogP contribution is 2.38. The molecule has 0 radical (unpaired) electrons. The Balaban J connectivity index is 1.37. The second kappa shape index (κ2) is 6.96. The summed E-state index contributed by atoms with van der Waals surface area (Å²) >= 11 is 0. The summed E-state index contributed by atoms with van der Waals surface area (Å²) in [4.78, 5) is 0. The van der Waals surface area contributed by atoms with Crippen molar-refractivity contribution in [3.63, 3.8) is 0 Å². The summed E-state index contributed by atoms with van der Waals surface area (Å²) in [5.41, 5.74) is 3.05. The second-order valence-electron chi connectivity index (χ2n) is 7.43.